The highest BCUT2D eigenvalue weighted by atomic mass is 32.1. The summed E-state index contributed by atoms with van der Waals surface area (Å²) in [4.78, 5) is 17.8. The van der Waals surface area contributed by atoms with Gasteiger partial charge in [-0.15, -0.1) is 0 Å². The normalized spacial score (nSPS) is 15.9. The van der Waals surface area contributed by atoms with Gasteiger partial charge in [0.1, 0.15) is 24.3 Å². The van der Waals surface area contributed by atoms with Crippen molar-refractivity contribution in [2.45, 2.75) is 13.5 Å². The minimum Gasteiger partial charge on any atom is -0.363 e. The third kappa shape index (κ3) is 4.94. The van der Waals surface area contributed by atoms with Gasteiger partial charge in [0.15, 0.2) is 5.11 Å². The van der Waals surface area contributed by atoms with Crippen LogP contribution in [0.4, 0.5) is 5.82 Å². The molecule has 2 N–H and O–H groups in total. The van der Waals surface area contributed by atoms with Crippen molar-refractivity contribution in [2.75, 3.05) is 45.1 Å². The van der Waals surface area contributed by atoms with Gasteiger partial charge in [0.2, 0.25) is 0 Å². The van der Waals surface area contributed by atoms with Gasteiger partial charge in [0.25, 0.3) is 0 Å². The summed E-state index contributed by atoms with van der Waals surface area (Å²) in [7, 11) is 2.16. The Balaban J connectivity index is 1.64. The van der Waals surface area contributed by atoms with Crippen molar-refractivity contribution in [3.63, 3.8) is 0 Å². The van der Waals surface area contributed by atoms with E-state index in [-0.39, 0.29) is 0 Å². The van der Waals surface area contributed by atoms with E-state index in [0.29, 0.717) is 10.9 Å². The van der Waals surface area contributed by atoms with Crippen LogP contribution in [0.2, 0.25) is 0 Å². The molecule has 0 unspecified atom stereocenters. The van der Waals surface area contributed by atoms with Crippen LogP contribution in [0, 0.1) is 0 Å². The fraction of sp³-hybridized carbons (Fsp3) is 0.500. The molecule has 3 heterocycles. The monoisotopic (exact) mass is 360 g/mol. The van der Waals surface area contributed by atoms with Crippen LogP contribution in [0.25, 0.3) is 5.82 Å². The van der Waals surface area contributed by atoms with Gasteiger partial charge in [0, 0.05) is 51.5 Å². The molecule has 2 aromatic heterocycles. The molecule has 134 valence electrons. The number of rotatable bonds is 5. The Kier molecular flexibility index (Phi) is 5.90. The van der Waals surface area contributed by atoms with Gasteiger partial charge >= 0.3 is 0 Å². The second-order valence-corrected chi connectivity index (χ2v) is 6.51. The first-order chi connectivity index (χ1) is 12.1. The molecule has 8 nitrogen and oxygen atoms in total. The number of likely N-dealkylation sites (N-methyl/N-ethyl adjacent to an activating group) is 1. The first kappa shape index (κ1) is 17.7. The highest BCUT2D eigenvalue weighted by Crippen LogP contribution is 2.12. The maximum Gasteiger partial charge on any atom is 0.171 e. The number of anilines is 1. The van der Waals surface area contributed by atoms with Gasteiger partial charge in [-0.1, -0.05) is 0 Å². The Morgan fingerprint density at radius 3 is 2.76 bits per heavy atom. The first-order valence-corrected chi connectivity index (χ1v) is 8.86. The number of hydrogen-bond acceptors (Lipinski definition) is 6. The maximum atomic E-state index is 5.19. The van der Waals surface area contributed by atoms with Gasteiger partial charge in [-0.3, -0.25) is 9.47 Å². The lowest BCUT2D eigenvalue weighted by molar-refractivity contribution is 0.147. The average molecular weight is 360 g/mol. The van der Waals surface area contributed by atoms with Crippen molar-refractivity contribution in [3.8, 4) is 5.82 Å². The Hall–Kier alpha value is -2.10. The Labute approximate surface area is 153 Å². The van der Waals surface area contributed by atoms with Crippen LogP contribution < -0.4 is 10.6 Å². The molecule has 0 amide bonds. The van der Waals surface area contributed by atoms with Crippen molar-refractivity contribution in [1.29, 1.82) is 0 Å². The van der Waals surface area contributed by atoms with E-state index in [1.165, 1.54) is 6.33 Å². The summed E-state index contributed by atoms with van der Waals surface area (Å²) in [5.41, 5.74) is 1.04. The number of imidazole rings is 1. The van der Waals surface area contributed by atoms with Crippen molar-refractivity contribution in [2.24, 2.45) is 0 Å². The molecule has 25 heavy (non-hydrogen) atoms. The first-order valence-electron chi connectivity index (χ1n) is 8.45. The van der Waals surface area contributed by atoms with Crippen LogP contribution in [0.3, 0.4) is 0 Å². The zero-order valence-electron chi connectivity index (χ0n) is 14.6. The van der Waals surface area contributed by atoms with Gasteiger partial charge in [-0.2, -0.15) is 0 Å². The zero-order valence-corrected chi connectivity index (χ0v) is 15.5. The molecule has 0 radical (unpaired) electrons. The highest BCUT2D eigenvalue weighted by Gasteiger charge is 2.15. The SMILES string of the molecule is CCNC(=S)Nc1cc(-n2cnc(CN3CCN(C)CC3)c2)ncn1. The minimum atomic E-state index is 0.550. The second-order valence-electron chi connectivity index (χ2n) is 6.10. The molecule has 0 saturated carbocycles. The van der Waals surface area contributed by atoms with Gasteiger partial charge in [0.05, 0.1) is 5.69 Å². The lowest BCUT2D eigenvalue weighted by Crippen LogP contribution is -2.43. The summed E-state index contributed by atoms with van der Waals surface area (Å²) in [6, 6.07) is 1.85. The van der Waals surface area contributed by atoms with Crippen LogP contribution >= 0.6 is 12.2 Å². The van der Waals surface area contributed by atoms with Crippen LogP contribution in [0.5, 0.6) is 0 Å². The average Bonchev–Trinajstić information content (AvgIpc) is 3.06. The van der Waals surface area contributed by atoms with E-state index in [1.807, 2.05) is 23.8 Å². The van der Waals surface area contributed by atoms with Crippen LogP contribution in [-0.4, -0.2) is 74.2 Å². The van der Waals surface area contributed by atoms with E-state index in [4.69, 9.17) is 12.2 Å². The van der Waals surface area contributed by atoms with Crippen molar-refractivity contribution >= 4 is 23.1 Å². The summed E-state index contributed by atoms with van der Waals surface area (Å²) in [6.45, 7) is 7.98. The Morgan fingerprint density at radius 2 is 2.00 bits per heavy atom. The Bertz CT molecular complexity index is 708. The molecule has 0 bridgehead atoms. The quantitative estimate of drug-likeness (QED) is 0.756. The van der Waals surface area contributed by atoms with Gasteiger partial charge in [-0.25, -0.2) is 15.0 Å². The van der Waals surface area contributed by atoms with Gasteiger partial charge < -0.3 is 15.5 Å². The minimum absolute atomic E-state index is 0.550. The molecular formula is C16H24N8S. The number of aromatic nitrogens is 4. The number of nitrogens with zero attached hydrogens (tertiary/aromatic N) is 6. The van der Waals surface area contributed by atoms with Crippen molar-refractivity contribution < 1.29 is 0 Å². The fourth-order valence-electron chi connectivity index (χ4n) is 2.68. The molecule has 1 aliphatic rings. The zero-order chi connectivity index (χ0) is 17.6. The van der Waals surface area contributed by atoms with E-state index in [1.54, 1.807) is 6.33 Å². The molecule has 1 fully saturated rings. The number of piperazine rings is 1. The molecule has 0 aliphatic carbocycles. The molecule has 2 aromatic rings. The third-order valence-electron chi connectivity index (χ3n) is 4.11. The van der Waals surface area contributed by atoms with E-state index >= 15 is 0 Å². The summed E-state index contributed by atoms with van der Waals surface area (Å²) >= 11 is 5.19. The summed E-state index contributed by atoms with van der Waals surface area (Å²) in [5.74, 6) is 1.42. The molecule has 1 aliphatic heterocycles. The summed E-state index contributed by atoms with van der Waals surface area (Å²) < 4.78 is 1.91. The molecule has 0 aromatic carbocycles. The third-order valence-corrected chi connectivity index (χ3v) is 4.36. The number of hydrogen-bond donors (Lipinski definition) is 2. The predicted molar refractivity (Wildman–Crippen MR) is 102 cm³/mol. The van der Waals surface area contributed by atoms with E-state index in [9.17, 15) is 0 Å². The highest BCUT2D eigenvalue weighted by molar-refractivity contribution is 7.80. The lowest BCUT2D eigenvalue weighted by atomic mass is 10.3. The number of thiocarbonyl (C=S) groups is 1. The summed E-state index contributed by atoms with van der Waals surface area (Å²) in [5, 5.41) is 6.64. The molecule has 1 saturated heterocycles. The molecule has 3 rings (SSSR count). The van der Waals surface area contributed by atoms with Gasteiger partial charge in [-0.05, 0) is 26.2 Å². The number of nitrogens with one attached hydrogen (secondary N) is 2. The summed E-state index contributed by atoms with van der Waals surface area (Å²) in [6.07, 6.45) is 5.33. The van der Waals surface area contributed by atoms with E-state index in [0.717, 1.165) is 50.8 Å². The molecular weight excluding hydrogens is 336 g/mol. The van der Waals surface area contributed by atoms with Crippen molar-refractivity contribution in [3.05, 3.63) is 30.6 Å². The second kappa shape index (κ2) is 8.32. The maximum absolute atomic E-state index is 5.19. The van der Waals surface area contributed by atoms with Crippen molar-refractivity contribution in [1.82, 2.24) is 34.6 Å². The van der Waals surface area contributed by atoms with Crippen LogP contribution in [0.15, 0.2) is 24.9 Å². The lowest BCUT2D eigenvalue weighted by Gasteiger charge is -2.31. The van der Waals surface area contributed by atoms with Crippen LogP contribution in [0.1, 0.15) is 12.6 Å². The standard InChI is InChI=1S/C16H24N8S/c1-3-17-16(25)21-14-8-15(19-11-18-14)24-10-13(20-12-24)9-23-6-4-22(2)5-7-23/h8,10-12H,3-7,9H2,1-2H3,(H2,17,18,19,21,25). The molecule has 9 heteroatoms. The largest absolute Gasteiger partial charge is 0.363 e. The Morgan fingerprint density at radius 1 is 1.20 bits per heavy atom. The topological polar surface area (TPSA) is 74.1 Å². The molecule has 0 atom stereocenters. The smallest absolute Gasteiger partial charge is 0.171 e. The van der Waals surface area contributed by atoms with E-state index < -0.39 is 0 Å². The predicted octanol–water partition coefficient (Wildman–Crippen LogP) is 0.716. The fourth-order valence-corrected chi connectivity index (χ4v) is 2.93. The van der Waals surface area contributed by atoms with E-state index in [2.05, 4.69) is 42.4 Å². The van der Waals surface area contributed by atoms with Crippen LogP contribution in [-0.2, 0) is 6.54 Å². The molecule has 0 spiro atoms.